The monoisotopic (exact) mass is 505 g/mol. The summed E-state index contributed by atoms with van der Waals surface area (Å²) in [5, 5.41) is 3.35. The van der Waals surface area contributed by atoms with Gasteiger partial charge in [-0.3, -0.25) is 4.99 Å². The van der Waals surface area contributed by atoms with Gasteiger partial charge in [0.2, 0.25) is 10.0 Å². The normalized spacial score (nSPS) is 16.9. The third-order valence-corrected chi connectivity index (χ3v) is 6.09. The van der Waals surface area contributed by atoms with E-state index in [0.29, 0.717) is 26.2 Å². The molecule has 1 aliphatic rings. The second kappa shape index (κ2) is 13.1. The largest absolute Gasteiger partial charge is 0.378 e. The molecule has 8 nitrogen and oxygen atoms in total. The summed E-state index contributed by atoms with van der Waals surface area (Å²) in [6.45, 7) is 11.2. The first-order chi connectivity index (χ1) is 11.8. The maximum Gasteiger partial charge on any atom is 0.216 e. The van der Waals surface area contributed by atoms with E-state index in [2.05, 4.69) is 34.1 Å². The van der Waals surface area contributed by atoms with E-state index < -0.39 is 10.0 Å². The lowest BCUT2D eigenvalue weighted by Crippen LogP contribution is -2.54. The van der Waals surface area contributed by atoms with Gasteiger partial charge in [-0.15, -0.1) is 24.0 Å². The molecule has 156 valence electrons. The van der Waals surface area contributed by atoms with E-state index in [1.54, 1.807) is 11.4 Å². The fraction of sp³-hybridized carbons (Fsp3) is 0.938. The van der Waals surface area contributed by atoms with Crippen molar-refractivity contribution in [3.8, 4) is 0 Å². The van der Waals surface area contributed by atoms with E-state index in [-0.39, 0.29) is 42.4 Å². The Morgan fingerprint density at radius 3 is 2.38 bits per heavy atom. The summed E-state index contributed by atoms with van der Waals surface area (Å²) in [7, 11) is 0.591. The Hall–Kier alpha value is -0.170. The Labute approximate surface area is 176 Å². The fourth-order valence-corrected chi connectivity index (χ4v) is 3.83. The van der Waals surface area contributed by atoms with Gasteiger partial charge in [-0.05, 0) is 27.4 Å². The summed E-state index contributed by atoms with van der Waals surface area (Å²) < 4.78 is 31.7. The van der Waals surface area contributed by atoms with E-state index in [4.69, 9.17) is 4.74 Å². The van der Waals surface area contributed by atoms with Crippen LogP contribution >= 0.6 is 24.0 Å². The summed E-state index contributed by atoms with van der Waals surface area (Å²) in [6, 6.07) is 0. The van der Waals surface area contributed by atoms with Crippen molar-refractivity contribution in [1.29, 1.82) is 0 Å². The van der Waals surface area contributed by atoms with Crippen molar-refractivity contribution in [2.24, 2.45) is 4.99 Å². The highest BCUT2D eigenvalue weighted by Gasteiger charge is 2.27. The van der Waals surface area contributed by atoms with E-state index in [9.17, 15) is 8.42 Å². The predicted octanol–water partition coefficient (Wildman–Crippen LogP) is 0.504. The molecule has 0 saturated carbocycles. The van der Waals surface area contributed by atoms with Gasteiger partial charge in [-0.1, -0.05) is 6.92 Å². The van der Waals surface area contributed by atoms with Crippen molar-refractivity contribution in [2.75, 3.05) is 72.3 Å². The Bertz CT molecular complexity index is 508. The highest BCUT2D eigenvalue weighted by molar-refractivity contribution is 14.0. The summed E-state index contributed by atoms with van der Waals surface area (Å²) in [4.78, 5) is 8.66. The highest BCUT2D eigenvalue weighted by Crippen LogP contribution is 2.09. The van der Waals surface area contributed by atoms with Gasteiger partial charge >= 0.3 is 0 Å². The zero-order valence-electron chi connectivity index (χ0n) is 16.8. The number of guanidine groups is 1. The third kappa shape index (κ3) is 9.16. The minimum absolute atomic E-state index is 0. The van der Waals surface area contributed by atoms with Crippen molar-refractivity contribution in [3.05, 3.63) is 0 Å². The van der Waals surface area contributed by atoms with Crippen LogP contribution in [-0.2, 0) is 14.8 Å². The van der Waals surface area contributed by atoms with Gasteiger partial charge in [-0.2, -0.15) is 4.31 Å². The summed E-state index contributed by atoms with van der Waals surface area (Å²) in [5.41, 5.74) is 0. The molecular weight excluding hydrogens is 469 g/mol. The smallest absolute Gasteiger partial charge is 0.216 e. The van der Waals surface area contributed by atoms with E-state index in [1.807, 2.05) is 13.8 Å². The molecule has 26 heavy (non-hydrogen) atoms. The Morgan fingerprint density at radius 1 is 1.27 bits per heavy atom. The average Bonchev–Trinajstić information content (AvgIpc) is 2.58. The summed E-state index contributed by atoms with van der Waals surface area (Å²) in [5.74, 6) is 0.881. The number of halogens is 1. The molecule has 0 aromatic rings. The highest BCUT2D eigenvalue weighted by atomic mass is 127. The quantitative estimate of drug-likeness (QED) is 0.280. The number of aliphatic imine (C=N–C) groups is 1. The average molecular weight is 505 g/mol. The predicted molar refractivity (Wildman–Crippen MR) is 118 cm³/mol. The molecule has 1 aliphatic heterocycles. The van der Waals surface area contributed by atoms with Gasteiger partial charge in [0, 0.05) is 46.3 Å². The fourth-order valence-electron chi connectivity index (χ4n) is 2.55. The first kappa shape index (κ1) is 25.8. The molecule has 1 fully saturated rings. The minimum Gasteiger partial charge on any atom is -0.378 e. The molecule has 0 unspecified atom stereocenters. The number of hydrogen-bond donors (Lipinski definition) is 1. The van der Waals surface area contributed by atoms with E-state index in [0.717, 1.165) is 25.6 Å². The van der Waals surface area contributed by atoms with Gasteiger partial charge in [0.25, 0.3) is 0 Å². The topological polar surface area (TPSA) is 77.5 Å². The molecule has 0 spiro atoms. The number of nitrogens with one attached hydrogen (secondary N) is 1. The summed E-state index contributed by atoms with van der Waals surface area (Å²) in [6.07, 6.45) is 0.0493. The van der Waals surface area contributed by atoms with Crippen LogP contribution in [0.2, 0.25) is 0 Å². The molecule has 1 N–H and O–H groups in total. The number of ether oxygens (including phenoxy) is 1. The molecule has 0 amide bonds. The van der Waals surface area contributed by atoms with Crippen molar-refractivity contribution in [2.45, 2.75) is 26.9 Å². The molecule has 1 rings (SSSR count). The zero-order valence-corrected chi connectivity index (χ0v) is 19.9. The number of likely N-dealkylation sites (N-methyl/N-ethyl adjacent to an activating group) is 1. The van der Waals surface area contributed by atoms with Crippen LogP contribution in [0, 0.1) is 0 Å². The lowest BCUT2D eigenvalue weighted by molar-refractivity contribution is 0.0904. The molecule has 0 aliphatic carbocycles. The van der Waals surface area contributed by atoms with Crippen LogP contribution in [0.25, 0.3) is 0 Å². The second-order valence-electron chi connectivity index (χ2n) is 6.49. The van der Waals surface area contributed by atoms with Crippen LogP contribution in [0.1, 0.15) is 20.8 Å². The maximum atomic E-state index is 12.4. The molecule has 0 radical (unpaired) electrons. The van der Waals surface area contributed by atoms with Crippen molar-refractivity contribution >= 4 is 40.0 Å². The van der Waals surface area contributed by atoms with Crippen LogP contribution in [-0.4, -0.2) is 107 Å². The second-order valence-corrected chi connectivity index (χ2v) is 8.58. The van der Waals surface area contributed by atoms with E-state index >= 15 is 0 Å². The lowest BCUT2D eigenvalue weighted by atomic mass is 10.4. The van der Waals surface area contributed by atoms with Crippen LogP contribution in [0.5, 0.6) is 0 Å². The van der Waals surface area contributed by atoms with Gasteiger partial charge < -0.3 is 19.9 Å². The molecular formula is C16H36IN5O3S. The first-order valence-corrected chi connectivity index (χ1v) is 10.6. The number of hydrogen-bond acceptors (Lipinski definition) is 5. The number of rotatable bonds is 9. The van der Waals surface area contributed by atoms with Crippen LogP contribution in [0.15, 0.2) is 4.99 Å². The molecule has 0 atom stereocenters. The molecule has 1 saturated heterocycles. The SMILES string of the molecule is CCN(C)CCNC(=NC)N1CCN(S(=O)(=O)CCOC(C)C)CC1.I. The minimum atomic E-state index is -3.25. The number of nitrogens with zero attached hydrogens (tertiary/aromatic N) is 4. The van der Waals surface area contributed by atoms with Crippen LogP contribution in [0.4, 0.5) is 0 Å². The van der Waals surface area contributed by atoms with Gasteiger partial charge in [0.1, 0.15) is 0 Å². The summed E-state index contributed by atoms with van der Waals surface area (Å²) >= 11 is 0. The third-order valence-electron chi connectivity index (χ3n) is 4.25. The molecule has 0 aromatic heterocycles. The van der Waals surface area contributed by atoms with Crippen molar-refractivity contribution < 1.29 is 13.2 Å². The Morgan fingerprint density at radius 2 is 1.88 bits per heavy atom. The van der Waals surface area contributed by atoms with Crippen LogP contribution < -0.4 is 5.32 Å². The van der Waals surface area contributed by atoms with Crippen molar-refractivity contribution in [3.63, 3.8) is 0 Å². The van der Waals surface area contributed by atoms with Gasteiger partial charge in [0.15, 0.2) is 5.96 Å². The maximum absolute atomic E-state index is 12.4. The zero-order chi connectivity index (χ0) is 18.9. The van der Waals surface area contributed by atoms with Gasteiger partial charge in [0.05, 0.1) is 18.5 Å². The van der Waals surface area contributed by atoms with Crippen LogP contribution in [0.3, 0.4) is 0 Å². The van der Waals surface area contributed by atoms with E-state index in [1.165, 1.54) is 0 Å². The molecule has 10 heteroatoms. The number of piperazine rings is 1. The van der Waals surface area contributed by atoms with Crippen molar-refractivity contribution in [1.82, 2.24) is 19.4 Å². The number of sulfonamides is 1. The standard InChI is InChI=1S/C16H35N5O3S.HI/c1-6-19(5)8-7-18-16(17-4)20-9-11-21(12-10-20)25(22,23)14-13-24-15(2)3;/h15H,6-14H2,1-5H3,(H,17,18);1H. The first-order valence-electron chi connectivity index (χ1n) is 9.03. The molecule has 1 heterocycles. The lowest BCUT2D eigenvalue weighted by Gasteiger charge is -2.36. The molecule has 0 aromatic carbocycles. The Kier molecular flexibility index (Phi) is 13.0. The van der Waals surface area contributed by atoms with Gasteiger partial charge in [-0.25, -0.2) is 8.42 Å². The molecule has 0 bridgehead atoms. The Balaban J connectivity index is 0.00000625.